The Morgan fingerprint density at radius 2 is 2.13 bits per heavy atom. The molecule has 0 N–H and O–H groups in total. The highest BCUT2D eigenvalue weighted by molar-refractivity contribution is 5.80. The molecule has 1 aromatic carbocycles. The molecule has 0 radical (unpaired) electrons. The van der Waals surface area contributed by atoms with Crippen LogP contribution in [0.15, 0.2) is 12.1 Å². The van der Waals surface area contributed by atoms with Crippen molar-refractivity contribution in [1.82, 2.24) is 10.3 Å². The number of hydrogen-bond acceptors (Lipinski definition) is 2. The SMILES string of the molecule is CCc1c2ccc(C)c(F)c2nn[n+]1C. The van der Waals surface area contributed by atoms with Crippen molar-refractivity contribution in [3.05, 3.63) is 29.2 Å². The summed E-state index contributed by atoms with van der Waals surface area (Å²) >= 11 is 0. The zero-order chi connectivity index (χ0) is 11.0. The predicted octanol–water partition coefficient (Wildman–Crippen LogP) is 1.46. The van der Waals surface area contributed by atoms with E-state index < -0.39 is 0 Å². The second-order valence-electron chi connectivity index (χ2n) is 3.61. The molecule has 0 atom stereocenters. The fraction of sp³-hybridized carbons (Fsp3) is 0.364. The normalized spacial score (nSPS) is 10.9. The van der Waals surface area contributed by atoms with Gasteiger partial charge in [-0.3, -0.25) is 0 Å². The van der Waals surface area contributed by atoms with Crippen molar-refractivity contribution in [2.24, 2.45) is 7.05 Å². The molecule has 0 aliphatic carbocycles. The van der Waals surface area contributed by atoms with Crippen molar-refractivity contribution in [3.63, 3.8) is 0 Å². The maximum absolute atomic E-state index is 13.7. The second-order valence-corrected chi connectivity index (χ2v) is 3.61. The van der Waals surface area contributed by atoms with Gasteiger partial charge >= 0.3 is 0 Å². The van der Waals surface area contributed by atoms with E-state index in [0.29, 0.717) is 11.1 Å². The summed E-state index contributed by atoms with van der Waals surface area (Å²) < 4.78 is 15.4. The third kappa shape index (κ3) is 1.46. The number of aryl methyl sites for hydroxylation is 3. The molecular formula is C11H13FN3+. The van der Waals surface area contributed by atoms with E-state index in [1.165, 1.54) is 0 Å². The van der Waals surface area contributed by atoms with Crippen LogP contribution in [0.3, 0.4) is 0 Å². The average molecular weight is 206 g/mol. The number of rotatable bonds is 1. The Labute approximate surface area is 87.5 Å². The van der Waals surface area contributed by atoms with Crippen LogP contribution in [0.4, 0.5) is 4.39 Å². The second kappa shape index (κ2) is 3.53. The average Bonchev–Trinajstić information content (AvgIpc) is 2.23. The molecule has 1 heterocycles. The zero-order valence-electron chi connectivity index (χ0n) is 9.08. The monoisotopic (exact) mass is 206 g/mol. The van der Waals surface area contributed by atoms with Gasteiger partial charge in [0.05, 0.1) is 10.5 Å². The maximum atomic E-state index is 13.7. The van der Waals surface area contributed by atoms with Crippen LogP contribution in [-0.4, -0.2) is 10.3 Å². The Morgan fingerprint density at radius 3 is 2.80 bits per heavy atom. The van der Waals surface area contributed by atoms with Crippen LogP contribution in [0.25, 0.3) is 10.9 Å². The summed E-state index contributed by atoms with van der Waals surface area (Å²) in [5.41, 5.74) is 1.97. The largest absolute Gasteiger partial charge is 0.250 e. The van der Waals surface area contributed by atoms with Crippen molar-refractivity contribution in [2.75, 3.05) is 0 Å². The lowest BCUT2D eigenvalue weighted by molar-refractivity contribution is -0.741. The van der Waals surface area contributed by atoms with Crippen molar-refractivity contribution >= 4 is 10.9 Å². The molecule has 4 heteroatoms. The molecule has 0 fully saturated rings. The van der Waals surface area contributed by atoms with Crippen molar-refractivity contribution in [2.45, 2.75) is 20.3 Å². The molecule has 0 saturated heterocycles. The summed E-state index contributed by atoms with van der Waals surface area (Å²) in [6.45, 7) is 3.75. The quantitative estimate of drug-likeness (QED) is 0.661. The van der Waals surface area contributed by atoms with Gasteiger partial charge in [0.1, 0.15) is 18.0 Å². The smallest absolute Gasteiger partial charge is 0.202 e. The van der Waals surface area contributed by atoms with E-state index in [-0.39, 0.29) is 5.82 Å². The highest BCUT2D eigenvalue weighted by Gasteiger charge is 2.17. The van der Waals surface area contributed by atoms with Crippen LogP contribution >= 0.6 is 0 Å². The van der Waals surface area contributed by atoms with Gasteiger partial charge in [0, 0.05) is 6.42 Å². The highest BCUT2D eigenvalue weighted by Crippen LogP contribution is 2.19. The minimum atomic E-state index is -0.268. The van der Waals surface area contributed by atoms with Gasteiger partial charge in [0.25, 0.3) is 0 Å². The molecule has 15 heavy (non-hydrogen) atoms. The molecule has 0 bridgehead atoms. The van der Waals surface area contributed by atoms with Gasteiger partial charge in [-0.15, -0.1) is 4.68 Å². The minimum absolute atomic E-state index is 0.268. The predicted molar refractivity (Wildman–Crippen MR) is 54.8 cm³/mol. The number of fused-ring (bicyclic) bond motifs is 1. The fourth-order valence-electron chi connectivity index (χ4n) is 1.76. The number of hydrogen-bond donors (Lipinski definition) is 0. The number of halogens is 1. The van der Waals surface area contributed by atoms with E-state index in [1.807, 2.05) is 20.0 Å². The fourth-order valence-corrected chi connectivity index (χ4v) is 1.76. The van der Waals surface area contributed by atoms with E-state index in [2.05, 4.69) is 10.3 Å². The first-order valence-electron chi connectivity index (χ1n) is 4.95. The molecule has 2 aromatic rings. The van der Waals surface area contributed by atoms with Crippen LogP contribution in [0, 0.1) is 12.7 Å². The molecule has 0 aliphatic heterocycles. The summed E-state index contributed by atoms with van der Waals surface area (Å²) in [6, 6.07) is 3.68. The summed E-state index contributed by atoms with van der Waals surface area (Å²) in [7, 11) is 1.82. The van der Waals surface area contributed by atoms with Gasteiger partial charge in [0.2, 0.25) is 5.52 Å². The minimum Gasteiger partial charge on any atom is -0.202 e. The third-order valence-electron chi connectivity index (χ3n) is 2.62. The lowest BCUT2D eigenvalue weighted by Gasteiger charge is -2.01. The standard InChI is InChI=1S/C11H13FN3/c1-4-9-8-6-5-7(2)10(12)11(8)13-14-15(9)3/h5-6H,4H2,1-3H3/q+1. The summed E-state index contributed by atoms with van der Waals surface area (Å²) in [5.74, 6) is -0.268. The van der Waals surface area contributed by atoms with E-state index in [0.717, 1.165) is 17.5 Å². The Balaban J connectivity index is 2.89. The molecule has 0 amide bonds. The highest BCUT2D eigenvalue weighted by atomic mass is 19.1. The molecule has 0 unspecified atom stereocenters. The molecule has 78 valence electrons. The number of nitrogens with zero attached hydrogens (tertiary/aromatic N) is 3. The first-order valence-corrected chi connectivity index (χ1v) is 4.95. The summed E-state index contributed by atoms with van der Waals surface area (Å²) in [4.78, 5) is 0. The molecule has 0 saturated carbocycles. The number of benzene rings is 1. The molecule has 3 nitrogen and oxygen atoms in total. The van der Waals surface area contributed by atoms with Gasteiger partial charge < -0.3 is 0 Å². The van der Waals surface area contributed by atoms with Gasteiger partial charge in [-0.1, -0.05) is 13.0 Å². The number of aromatic nitrogens is 3. The molecule has 1 aromatic heterocycles. The van der Waals surface area contributed by atoms with Gasteiger partial charge in [-0.2, -0.15) is 0 Å². The van der Waals surface area contributed by atoms with Crippen LogP contribution in [0.1, 0.15) is 18.2 Å². The Kier molecular flexibility index (Phi) is 2.34. The molecule has 0 aliphatic rings. The van der Waals surface area contributed by atoms with Gasteiger partial charge in [0.15, 0.2) is 5.82 Å². The van der Waals surface area contributed by atoms with Crippen molar-refractivity contribution in [1.29, 1.82) is 0 Å². The maximum Gasteiger partial charge on any atom is 0.250 e. The van der Waals surface area contributed by atoms with E-state index in [4.69, 9.17) is 0 Å². The summed E-state index contributed by atoms with van der Waals surface area (Å²) in [6.07, 6.45) is 0.811. The third-order valence-corrected chi connectivity index (χ3v) is 2.62. The molecular weight excluding hydrogens is 193 g/mol. The molecule has 0 spiro atoms. The van der Waals surface area contributed by atoms with E-state index in [1.54, 1.807) is 17.7 Å². The van der Waals surface area contributed by atoms with Crippen LogP contribution in [0.2, 0.25) is 0 Å². The van der Waals surface area contributed by atoms with E-state index >= 15 is 0 Å². The first kappa shape index (κ1) is 9.96. The zero-order valence-corrected chi connectivity index (χ0v) is 9.08. The van der Waals surface area contributed by atoms with Crippen LogP contribution in [0.5, 0.6) is 0 Å². The Bertz CT molecular complexity index is 523. The van der Waals surface area contributed by atoms with Crippen molar-refractivity contribution in [3.8, 4) is 0 Å². The van der Waals surface area contributed by atoms with Crippen LogP contribution in [-0.2, 0) is 13.5 Å². The summed E-state index contributed by atoms with van der Waals surface area (Å²) in [5, 5.41) is 8.64. The lowest BCUT2D eigenvalue weighted by atomic mass is 10.1. The lowest BCUT2D eigenvalue weighted by Crippen LogP contribution is -2.39. The van der Waals surface area contributed by atoms with Gasteiger partial charge in [-0.25, -0.2) is 4.39 Å². The Hall–Kier alpha value is -1.58. The topological polar surface area (TPSA) is 29.7 Å². The van der Waals surface area contributed by atoms with Crippen LogP contribution < -0.4 is 4.68 Å². The molecule has 2 rings (SSSR count). The van der Waals surface area contributed by atoms with Crippen molar-refractivity contribution < 1.29 is 9.07 Å². The Morgan fingerprint density at radius 1 is 1.40 bits per heavy atom. The van der Waals surface area contributed by atoms with E-state index in [9.17, 15) is 4.39 Å². The van der Waals surface area contributed by atoms with Gasteiger partial charge in [-0.05, 0) is 18.6 Å². The first-order chi connectivity index (χ1) is 7.15.